The van der Waals surface area contributed by atoms with E-state index in [1.54, 1.807) is 25.3 Å². The van der Waals surface area contributed by atoms with E-state index in [1.165, 1.54) is 6.07 Å². The first-order chi connectivity index (χ1) is 12.1. The van der Waals surface area contributed by atoms with E-state index in [4.69, 9.17) is 21.1 Å². The molecule has 0 saturated carbocycles. The van der Waals surface area contributed by atoms with Gasteiger partial charge in [-0.25, -0.2) is 4.39 Å². The molecule has 0 fully saturated rings. The lowest BCUT2D eigenvalue weighted by molar-refractivity contribution is 0.236. The van der Waals surface area contributed by atoms with Crippen LogP contribution in [-0.4, -0.2) is 24.9 Å². The molecule has 4 nitrogen and oxygen atoms in total. The molecule has 2 aromatic carbocycles. The van der Waals surface area contributed by atoms with Crippen LogP contribution in [0.4, 0.5) is 4.39 Å². The molecule has 0 aliphatic heterocycles. The number of halogens is 2. The highest BCUT2D eigenvalue weighted by atomic mass is 35.5. The summed E-state index contributed by atoms with van der Waals surface area (Å²) in [7, 11) is 1.55. The van der Waals surface area contributed by atoms with Crippen LogP contribution in [0, 0.1) is 5.82 Å². The van der Waals surface area contributed by atoms with Gasteiger partial charge in [0, 0.05) is 23.7 Å². The lowest BCUT2D eigenvalue weighted by Crippen LogP contribution is -2.31. The van der Waals surface area contributed by atoms with Gasteiger partial charge in [-0.15, -0.1) is 0 Å². The molecule has 0 bridgehead atoms. The molecule has 2 aromatic rings. The second-order valence-electron chi connectivity index (χ2n) is 5.61. The molecule has 0 spiro atoms. The van der Waals surface area contributed by atoms with Crippen LogP contribution in [0.15, 0.2) is 36.4 Å². The molecule has 136 valence electrons. The van der Waals surface area contributed by atoms with Crippen molar-refractivity contribution >= 4 is 11.6 Å². The van der Waals surface area contributed by atoms with Gasteiger partial charge in [0.15, 0.2) is 11.5 Å². The van der Waals surface area contributed by atoms with E-state index < -0.39 is 5.82 Å². The Hall–Kier alpha value is -1.82. The van der Waals surface area contributed by atoms with Gasteiger partial charge < -0.3 is 19.9 Å². The molecular formula is C19H23ClFNO3. The Bertz CT molecular complexity index is 672. The highest BCUT2D eigenvalue weighted by Gasteiger charge is 2.14. The summed E-state index contributed by atoms with van der Waals surface area (Å²) < 4.78 is 25.2. The third kappa shape index (κ3) is 5.08. The Kier molecular flexibility index (Phi) is 7.50. The van der Waals surface area contributed by atoms with Crippen LogP contribution in [0.2, 0.25) is 5.02 Å². The van der Waals surface area contributed by atoms with Gasteiger partial charge in [-0.05, 0) is 24.6 Å². The Morgan fingerprint density at radius 1 is 1.24 bits per heavy atom. The lowest BCUT2D eigenvalue weighted by atomic mass is 10.1. The zero-order chi connectivity index (χ0) is 18.2. The molecule has 0 aromatic heterocycles. The minimum absolute atomic E-state index is 0.0000586. The fraction of sp³-hybridized carbons (Fsp3) is 0.368. The third-order valence-corrected chi connectivity index (χ3v) is 4.35. The van der Waals surface area contributed by atoms with Crippen molar-refractivity contribution in [1.29, 1.82) is 0 Å². The Labute approximate surface area is 152 Å². The molecule has 0 heterocycles. The molecule has 0 saturated heterocycles. The zero-order valence-electron chi connectivity index (χ0n) is 14.4. The smallest absolute Gasteiger partial charge is 0.166 e. The van der Waals surface area contributed by atoms with Gasteiger partial charge in [0.2, 0.25) is 0 Å². The molecule has 0 aliphatic rings. The molecule has 2 rings (SSSR count). The number of aliphatic hydroxyl groups excluding tert-OH is 1. The number of benzene rings is 2. The number of para-hydroxylation sites is 1. The Morgan fingerprint density at radius 2 is 2.00 bits per heavy atom. The molecule has 0 aliphatic carbocycles. The van der Waals surface area contributed by atoms with Crippen molar-refractivity contribution in [3.05, 3.63) is 58.4 Å². The van der Waals surface area contributed by atoms with Gasteiger partial charge in [-0.3, -0.25) is 0 Å². The van der Waals surface area contributed by atoms with Crippen molar-refractivity contribution in [3.8, 4) is 11.5 Å². The summed E-state index contributed by atoms with van der Waals surface area (Å²) in [4.78, 5) is 0. The topological polar surface area (TPSA) is 50.7 Å². The molecule has 0 amide bonds. The summed E-state index contributed by atoms with van der Waals surface area (Å²) in [5, 5.41) is 12.9. The van der Waals surface area contributed by atoms with E-state index in [0.29, 0.717) is 28.6 Å². The van der Waals surface area contributed by atoms with Crippen molar-refractivity contribution in [2.24, 2.45) is 0 Å². The maximum atomic E-state index is 13.9. The number of aliphatic hydroxyl groups is 1. The minimum atomic E-state index is -0.409. The van der Waals surface area contributed by atoms with Crippen LogP contribution in [0.5, 0.6) is 11.5 Å². The SMILES string of the molecule is CC[C@H](CO)NCc1cccc(OC)c1OCc1c(F)cccc1Cl. The van der Waals surface area contributed by atoms with Crippen LogP contribution < -0.4 is 14.8 Å². The first kappa shape index (κ1) is 19.5. The van der Waals surface area contributed by atoms with E-state index in [0.717, 1.165) is 12.0 Å². The van der Waals surface area contributed by atoms with Crippen LogP contribution in [0.25, 0.3) is 0 Å². The largest absolute Gasteiger partial charge is 0.493 e. The van der Waals surface area contributed by atoms with E-state index >= 15 is 0 Å². The van der Waals surface area contributed by atoms with Crippen molar-refractivity contribution in [3.63, 3.8) is 0 Å². The zero-order valence-corrected chi connectivity index (χ0v) is 15.1. The molecule has 0 unspecified atom stereocenters. The third-order valence-electron chi connectivity index (χ3n) is 4.00. The Morgan fingerprint density at radius 3 is 2.64 bits per heavy atom. The van der Waals surface area contributed by atoms with Crippen molar-refractivity contribution in [1.82, 2.24) is 5.32 Å². The number of ether oxygens (including phenoxy) is 2. The normalized spacial score (nSPS) is 12.0. The summed E-state index contributed by atoms with van der Waals surface area (Å²) in [6.45, 7) is 2.55. The summed E-state index contributed by atoms with van der Waals surface area (Å²) in [6.07, 6.45) is 0.807. The second-order valence-corrected chi connectivity index (χ2v) is 6.01. The van der Waals surface area contributed by atoms with Crippen molar-refractivity contribution in [2.75, 3.05) is 13.7 Å². The standard InChI is InChI=1S/C19H23ClFNO3/c1-3-14(11-23)22-10-13-6-4-9-18(24-2)19(13)25-12-15-16(20)7-5-8-17(15)21/h4-9,14,22-23H,3,10-12H2,1-2H3/t14-/m1/s1. The molecule has 25 heavy (non-hydrogen) atoms. The summed E-state index contributed by atoms with van der Waals surface area (Å²) >= 11 is 6.06. The van der Waals surface area contributed by atoms with Gasteiger partial charge in [0.25, 0.3) is 0 Å². The second kappa shape index (κ2) is 9.61. The molecule has 6 heteroatoms. The number of nitrogens with one attached hydrogen (secondary N) is 1. The van der Waals surface area contributed by atoms with Gasteiger partial charge >= 0.3 is 0 Å². The highest BCUT2D eigenvalue weighted by molar-refractivity contribution is 6.31. The Balaban J connectivity index is 2.20. The monoisotopic (exact) mass is 367 g/mol. The molecular weight excluding hydrogens is 345 g/mol. The number of methoxy groups -OCH3 is 1. The van der Waals surface area contributed by atoms with Gasteiger partial charge in [-0.1, -0.05) is 36.7 Å². The fourth-order valence-electron chi connectivity index (χ4n) is 2.43. The van der Waals surface area contributed by atoms with E-state index in [1.807, 2.05) is 19.1 Å². The quantitative estimate of drug-likeness (QED) is 0.705. The summed E-state index contributed by atoms with van der Waals surface area (Å²) in [5.41, 5.74) is 1.16. The van der Waals surface area contributed by atoms with E-state index in [-0.39, 0.29) is 19.3 Å². The maximum Gasteiger partial charge on any atom is 0.166 e. The predicted octanol–water partition coefficient (Wildman–Crippen LogP) is 3.93. The van der Waals surface area contributed by atoms with Gasteiger partial charge in [0.05, 0.1) is 18.7 Å². The molecule has 0 radical (unpaired) electrons. The predicted molar refractivity (Wildman–Crippen MR) is 96.7 cm³/mol. The minimum Gasteiger partial charge on any atom is -0.493 e. The average Bonchev–Trinajstić information content (AvgIpc) is 2.62. The number of hydrogen-bond acceptors (Lipinski definition) is 4. The first-order valence-electron chi connectivity index (χ1n) is 8.16. The molecule has 2 N–H and O–H groups in total. The average molecular weight is 368 g/mol. The van der Waals surface area contributed by atoms with Crippen LogP contribution in [0.3, 0.4) is 0 Å². The maximum absolute atomic E-state index is 13.9. The first-order valence-corrected chi connectivity index (χ1v) is 8.54. The number of rotatable bonds is 9. The van der Waals surface area contributed by atoms with Gasteiger partial charge in [-0.2, -0.15) is 0 Å². The summed E-state index contributed by atoms with van der Waals surface area (Å²) in [5.74, 6) is 0.682. The highest BCUT2D eigenvalue weighted by Crippen LogP contribution is 2.33. The van der Waals surface area contributed by atoms with Crippen molar-refractivity contribution in [2.45, 2.75) is 32.5 Å². The lowest BCUT2D eigenvalue weighted by Gasteiger charge is -2.18. The van der Waals surface area contributed by atoms with Crippen molar-refractivity contribution < 1.29 is 19.0 Å². The van der Waals surface area contributed by atoms with E-state index in [2.05, 4.69) is 5.32 Å². The van der Waals surface area contributed by atoms with Crippen LogP contribution in [0.1, 0.15) is 24.5 Å². The van der Waals surface area contributed by atoms with Crippen LogP contribution >= 0.6 is 11.6 Å². The van der Waals surface area contributed by atoms with Gasteiger partial charge in [0.1, 0.15) is 12.4 Å². The number of hydrogen-bond donors (Lipinski definition) is 2. The fourth-order valence-corrected chi connectivity index (χ4v) is 2.65. The van der Waals surface area contributed by atoms with Crippen LogP contribution in [-0.2, 0) is 13.2 Å². The molecule has 1 atom stereocenters. The van der Waals surface area contributed by atoms with E-state index in [9.17, 15) is 9.50 Å². The summed E-state index contributed by atoms with van der Waals surface area (Å²) in [6, 6.07) is 10.1.